The van der Waals surface area contributed by atoms with Crippen molar-refractivity contribution in [3.8, 4) is 11.4 Å². The van der Waals surface area contributed by atoms with Gasteiger partial charge in [0.2, 0.25) is 10.0 Å². The number of nitrogens with zero attached hydrogens (tertiary/aromatic N) is 4. The molecule has 0 aliphatic carbocycles. The van der Waals surface area contributed by atoms with Gasteiger partial charge in [-0.05, 0) is 31.0 Å². The Morgan fingerprint density at radius 3 is 2.36 bits per heavy atom. The average Bonchev–Trinajstić information content (AvgIpc) is 3.27. The van der Waals surface area contributed by atoms with E-state index in [-0.39, 0.29) is 10.9 Å². The Morgan fingerprint density at radius 2 is 1.73 bits per heavy atom. The Balaban J connectivity index is 1.94. The van der Waals surface area contributed by atoms with Crippen molar-refractivity contribution in [1.29, 1.82) is 0 Å². The largest absolute Gasteiger partial charge is 0.388 e. The monoisotopic (exact) mass is 488 g/mol. The van der Waals surface area contributed by atoms with Crippen LogP contribution in [0.15, 0.2) is 64.6 Å². The highest BCUT2D eigenvalue weighted by molar-refractivity contribution is 7.99. The number of hydrogen-bond acceptors (Lipinski definition) is 6. The third-order valence-electron chi connectivity index (χ3n) is 5.69. The van der Waals surface area contributed by atoms with Gasteiger partial charge in [-0.25, -0.2) is 8.42 Å². The minimum Gasteiger partial charge on any atom is -0.388 e. The Morgan fingerprint density at radius 1 is 1.03 bits per heavy atom. The maximum absolute atomic E-state index is 13.0. The molecule has 33 heavy (non-hydrogen) atoms. The molecule has 1 N–H and O–H groups in total. The lowest BCUT2D eigenvalue weighted by Gasteiger charge is -2.20. The van der Waals surface area contributed by atoms with E-state index in [1.807, 2.05) is 54.8 Å². The second-order valence-corrected chi connectivity index (χ2v) is 10.7. The molecule has 9 heteroatoms. The third-order valence-corrected chi connectivity index (χ3v) is 8.75. The summed E-state index contributed by atoms with van der Waals surface area (Å²) in [6, 6.07) is 16.5. The molecule has 0 aliphatic rings. The van der Waals surface area contributed by atoms with Crippen LogP contribution in [0.1, 0.15) is 51.8 Å². The van der Waals surface area contributed by atoms with E-state index in [9.17, 15) is 13.5 Å². The number of aliphatic hydroxyl groups excluding tert-OH is 1. The summed E-state index contributed by atoms with van der Waals surface area (Å²) in [6.45, 7) is 8.66. The molecule has 0 fully saturated rings. The molecule has 2 atom stereocenters. The second-order valence-electron chi connectivity index (χ2n) is 7.79. The van der Waals surface area contributed by atoms with Crippen LogP contribution >= 0.6 is 11.8 Å². The Kier molecular flexibility index (Phi) is 8.69. The summed E-state index contributed by atoms with van der Waals surface area (Å²) in [7, 11) is -3.58. The Hall–Kier alpha value is -2.20. The molecule has 0 saturated heterocycles. The van der Waals surface area contributed by atoms with Crippen molar-refractivity contribution in [3.63, 3.8) is 0 Å². The molecule has 2 aromatic carbocycles. The molecule has 3 rings (SSSR count). The normalized spacial score (nSPS) is 13.9. The third kappa shape index (κ3) is 5.66. The van der Waals surface area contributed by atoms with Crippen LogP contribution in [0.3, 0.4) is 0 Å². The molecule has 0 unspecified atom stereocenters. The van der Waals surface area contributed by atoms with Crippen molar-refractivity contribution < 1.29 is 13.5 Å². The number of benzene rings is 2. The summed E-state index contributed by atoms with van der Waals surface area (Å²) in [5.74, 6) is 1.06. The first-order valence-electron chi connectivity index (χ1n) is 11.2. The minimum atomic E-state index is -3.58. The number of aliphatic hydroxyl groups is 1. The molecule has 3 aromatic rings. The first kappa shape index (κ1) is 25.4. The van der Waals surface area contributed by atoms with Gasteiger partial charge < -0.3 is 5.11 Å². The summed E-state index contributed by atoms with van der Waals surface area (Å²) >= 11 is 1.44. The molecule has 7 nitrogen and oxygen atoms in total. The van der Waals surface area contributed by atoms with Crippen LogP contribution in [0, 0.1) is 0 Å². The quantitative estimate of drug-likeness (QED) is 0.391. The molecule has 0 aliphatic heterocycles. The average molecular weight is 489 g/mol. The highest BCUT2D eigenvalue weighted by atomic mass is 32.2. The van der Waals surface area contributed by atoms with E-state index >= 15 is 0 Å². The number of rotatable bonds is 11. The van der Waals surface area contributed by atoms with Gasteiger partial charge in [-0.15, -0.1) is 10.2 Å². The lowest BCUT2D eigenvalue weighted by Crippen LogP contribution is -2.30. The van der Waals surface area contributed by atoms with Crippen LogP contribution in [-0.4, -0.2) is 51.4 Å². The summed E-state index contributed by atoms with van der Waals surface area (Å²) in [5.41, 5.74) is 1.56. The maximum atomic E-state index is 13.0. The van der Waals surface area contributed by atoms with E-state index in [1.165, 1.54) is 16.1 Å². The summed E-state index contributed by atoms with van der Waals surface area (Å²) in [6.07, 6.45) is 0.237. The summed E-state index contributed by atoms with van der Waals surface area (Å²) in [4.78, 5) is 0.246. The molecule has 178 valence electrons. The smallest absolute Gasteiger partial charge is 0.243 e. The molecule has 1 aromatic heterocycles. The molecule has 0 spiro atoms. The van der Waals surface area contributed by atoms with E-state index in [1.54, 1.807) is 18.2 Å². The number of sulfonamides is 1. The zero-order valence-electron chi connectivity index (χ0n) is 19.5. The van der Waals surface area contributed by atoms with Crippen molar-refractivity contribution in [2.75, 3.05) is 18.8 Å². The van der Waals surface area contributed by atoms with Crippen LogP contribution in [0.4, 0.5) is 0 Å². The first-order valence-corrected chi connectivity index (χ1v) is 13.7. The SMILES string of the molecule is CC[C@H](C)n1c(SC[C@H](O)c2ccccc2)nnc1-c1cccc(S(=O)(=O)N(CC)CC)c1. The van der Waals surface area contributed by atoms with Crippen molar-refractivity contribution in [1.82, 2.24) is 19.1 Å². The predicted octanol–water partition coefficient (Wildman–Crippen LogP) is 4.77. The first-order chi connectivity index (χ1) is 15.8. The predicted molar refractivity (Wildman–Crippen MR) is 133 cm³/mol. The van der Waals surface area contributed by atoms with Gasteiger partial charge in [-0.1, -0.05) is 75.0 Å². The van der Waals surface area contributed by atoms with E-state index in [0.29, 0.717) is 35.4 Å². The van der Waals surface area contributed by atoms with Gasteiger partial charge in [0, 0.05) is 30.4 Å². The van der Waals surface area contributed by atoms with Crippen LogP contribution in [0.2, 0.25) is 0 Å². The summed E-state index contributed by atoms with van der Waals surface area (Å²) < 4.78 is 29.5. The van der Waals surface area contributed by atoms with Gasteiger partial charge in [0.1, 0.15) is 0 Å². The van der Waals surface area contributed by atoms with Crippen molar-refractivity contribution in [2.45, 2.75) is 56.3 Å². The van der Waals surface area contributed by atoms with Gasteiger partial charge in [-0.3, -0.25) is 4.57 Å². The summed E-state index contributed by atoms with van der Waals surface area (Å²) in [5, 5.41) is 20.1. The van der Waals surface area contributed by atoms with Gasteiger partial charge >= 0.3 is 0 Å². The van der Waals surface area contributed by atoms with Crippen LogP contribution in [0.5, 0.6) is 0 Å². The number of thioether (sulfide) groups is 1. The van der Waals surface area contributed by atoms with Crippen LogP contribution in [-0.2, 0) is 10.0 Å². The second kappa shape index (κ2) is 11.3. The van der Waals surface area contributed by atoms with Crippen molar-refractivity contribution >= 4 is 21.8 Å². The maximum Gasteiger partial charge on any atom is 0.243 e. The molecule has 0 radical (unpaired) electrons. The zero-order valence-corrected chi connectivity index (χ0v) is 21.2. The highest BCUT2D eigenvalue weighted by Crippen LogP contribution is 2.32. The van der Waals surface area contributed by atoms with Crippen LogP contribution < -0.4 is 0 Å². The fourth-order valence-corrected chi connectivity index (χ4v) is 6.09. The van der Waals surface area contributed by atoms with Crippen LogP contribution in [0.25, 0.3) is 11.4 Å². The number of hydrogen-bond donors (Lipinski definition) is 1. The van der Waals surface area contributed by atoms with Gasteiger partial charge in [0.05, 0.1) is 11.0 Å². The Bertz CT molecular complexity index is 1150. The molecule has 0 amide bonds. The molecular formula is C24H32N4O3S2. The topological polar surface area (TPSA) is 88.3 Å². The molecular weight excluding hydrogens is 456 g/mol. The Labute approximate surface area is 200 Å². The van der Waals surface area contributed by atoms with Crippen molar-refractivity contribution in [3.05, 3.63) is 60.2 Å². The van der Waals surface area contributed by atoms with Crippen molar-refractivity contribution in [2.24, 2.45) is 0 Å². The lowest BCUT2D eigenvalue weighted by molar-refractivity contribution is 0.204. The molecule has 0 bridgehead atoms. The van der Waals surface area contributed by atoms with E-state index in [2.05, 4.69) is 24.0 Å². The highest BCUT2D eigenvalue weighted by Gasteiger charge is 2.24. The zero-order chi connectivity index (χ0) is 24.0. The fraction of sp³-hybridized carbons (Fsp3) is 0.417. The van der Waals surface area contributed by atoms with Gasteiger partial charge in [-0.2, -0.15) is 4.31 Å². The van der Waals surface area contributed by atoms with E-state index in [4.69, 9.17) is 0 Å². The van der Waals surface area contributed by atoms with Gasteiger partial charge in [0.15, 0.2) is 11.0 Å². The fourth-order valence-electron chi connectivity index (χ4n) is 3.59. The molecule has 0 saturated carbocycles. The minimum absolute atomic E-state index is 0.106. The standard InChI is InChI=1S/C24H32N4O3S2/c1-5-18(4)28-23(20-14-11-15-21(16-20)33(30,31)27(6-2)7-3)25-26-24(28)32-17-22(29)19-12-9-8-10-13-19/h8-16,18,22,29H,5-7,17H2,1-4H3/t18-,22-/m0/s1. The molecule has 1 heterocycles. The number of aromatic nitrogens is 3. The van der Waals surface area contributed by atoms with E-state index in [0.717, 1.165) is 12.0 Å². The van der Waals surface area contributed by atoms with E-state index < -0.39 is 16.1 Å². The lowest BCUT2D eigenvalue weighted by atomic mass is 10.1. The van der Waals surface area contributed by atoms with Gasteiger partial charge in [0.25, 0.3) is 0 Å².